The van der Waals surface area contributed by atoms with Gasteiger partial charge >= 0.3 is 7.12 Å². The van der Waals surface area contributed by atoms with Crippen molar-refractivity contribution < 1.29 is 14.1 Å². The van der Waals surface area contributed by atoms with Crippen LogP contribution in [0.25, 0.3) is 0 Å². The lowest BCUT2D eigenvalue weighted by Crippen LogP contribution is -2.44. The highest BCUT2D eigenvalue weighted by molar-refractivity contribution is 6.62. The molecule has 25 heavy (non-hydrogen) atoms. The number of rotatable bonds is 3. The third-order valence-corrected chi connectivity index (χ3v) is 5.84. The molecule has 1 N–H and O–H groups in total. The van der Waals surface area contributed by atoms with Crippen molar-refractivity contribution in [2.45, 2.75) is 57.8 Å². The van der Waals surface area contributed by atoms with Crippen molar-refractivity contribution >= 4 is 18.5 Å². The van der Waals surface area contributed by atoms with Crippen molar-refractivity contribution in [2.24, 2.45) is 0 Å². The number of benzene rings is 1. The first kappa shape index (κ1) is 18.4. The highest BCUT2D eigenvalue weighted by atomic mass is 16.7. The van der Waals surface area contributed by atoms with E-state index in [1.165, 1.54) is 0 Å². The summed E-state index contributed by atoms with van der Waals surface area (Å²) in [6.07, 6.45) is 2.00. The Hall–Kier alpha value is -1.37. The number of amides is 1. The van der Waals surface area contributed by atoms with E-state index in [0.717, 1.165) is 31.4 Å². The monoisotopic (exact) mass is 344 g/mol. The Labute approximate surface area is 151 Å². The molecule has 0 saturated carbocycles. The molecule has 0 radical (unpaired) electrons. The van der Waals surface area contributed by atoms with Crippen LogP contribution < -0.4 is 10.8 Å². The van der Waals surface area contributed by atoms with Gasteiger partial charge in [-0.25, -0.2) is 0 Å². The normalized spacial score (nSPS) is 22.8. The van der Waals surface area contributed by atoms with Gasteiger partial charge in [-0.05, 0) is 71.2 Å². The fourth-order valence-electron chi connectivity index (χ4n) is 3.36. The minimum absolute atomic E-state index is 0.0604. The fourth-order valence-corrected chi connectivity index (χ4v) is 3.36. The molecule has 2 aliphatic rings. The number of hydrogen-bond acceptors (Lipinski definition) is 4. The topological polar surface area (TPSA) is 50.8 Å². The van der Waals surface area contributed by atoms with Crippen molar-refractivity contribution in [1.29, 1.82) is 0 Å². The molecule has 136 valence electrons. The summed E-state index contributed by atoms with van der Waals surface area (Å²) < 4.78 is 12.2. The maximum absolute atomic E-state index is 12.9. The van der Waals surface area contributed by atoms with Crippen LogP contribution in [0.3, 0.4) is 0 Å². The van der Waals surface area contributed by atoms with Gasteiger partial charge in [-0.3, -0.25) is 4.79 Å². The zero-order valence-electron chi connectivity index (χ0n) is 16.0. The Balaban J connectivity index is 1.76. The van der Waals surface area contributed by atoms with E-state index in [0.29, 0.717) is 11.6 Å². The van der Waals surface area contributed by atoms with Crippen LogP contribution in [0.15, 0.2) is 24.3 Å². The molecule has 1 amide bonds. The second-order valence-electron chi connectivity index (χ2n) is 8.11. The van der Waals surface area contributed by atoms with Crippen LogP contribution in [0.5, 0.6) is 0 Å². The Kier molecular flexibility index (Phi) is 4.97. The van der Waals surface area contributed by atoms with E-state index in [9.17, 15) is 4.79 Å². The minimum Gasteiger partial charge on any atom is -0.399 e. The van der Waals surface area contributed by atoms with E-state index >= 15 is 0 Å². The molecular weight excluding hydrogens is 315 g/mol. The van der Waals surface area contributed by atoms with Crippen LogP contribution >= 0.6 is 0 Å². The maximum atomic E-state index is 12.9. The largest absolute Gasteiger partial charge is 0.494 e. The van der Waals surface area contributed by atoms with Crippen LogP contribution in [-0.2, 0) is 9.31 Å². The fraction of sp³-hybridized carbons (Fsp3) is 0.632. The Bertz CT molecular complexity index is 625. The third-order valence-electron chi connectivity index (χ3n) is 5.84. The van der Waals surface area contributed by atoms with Gasteiger partial charge in [0.05, 0.1) is 11.2 Å². The van der Waals surface area contributed by atoms with Crippen LogP contribution in [-0.4, -0.2) is 55.3 Å². The van der Waals surface area contributed by atoms with Gasteiger partial charge in [0.25, 0.3) is 5.91 Å². The molecule has 5 nitrogen and oxygen atoms in total. The third kappa shape index (κ3) is 3.61. The van der Waals surface area contributed by atoms with Crippen molar-refractivity contribution in [3.05, 3.63) is 29.8 Å². The zero-order chi connectivity index (χ0) is 18.2. The summed E-state index contributed by atoms with van der Waals surface area (Å²) in [7, 11) is 1.46. The molecule has 0 atom stereocenters. The second kappa shape index (κ2) is 6.74. The highest BCUT2D eigenvalue weighted by Crippen LogP contribution is 2.36. The summed E-state index contributed by atoms with van der Waals surface area (Å²) in [5.74, 6) is 0.0604. The number of hydrogen-bond donors (Lipinski definition) is 1. The Morgan fingerprint density at radius 1 is 1.16 bits per heavy atom. The Morgan fingerprint density at radius 2 is 1.76 bits per heavy atom. The van der Waals surface area contributed by atoms with Gasteiger partial charge in [0, 0.05) is 18.7 Å². The van der Waals surface area contributed by atoms with E-state index in [1.54, 1.807) is 0 Å². The van der Waals surface area contributed by atoms with Crippen LogP contribution in [0, 0.1) is 0 Å². The van der Waals surface area contributed by atoms with E-state index in [-0.39, 0.29) is 17.1 Å². The number of carbonyl (C=O) groups is 1. The number of piperidine rings is 1. The number of nitrogens with one attached hydrogen (secondary N) is 1. The van der Waals surface area contributed by atoms with E-state index in [2.05, 4.69) is 5.32 Å². The van der Waals surface area contributed by atoms with E-state index in [1.807, 2.05) is 63.9 Å². The summed E-state index contributed by atoms with van der Waals surface area (Å²) in [5.41, 5.74) is 0.809. The standard InChI is InChI=1S/C19H29BN2O3/c1-18(2)19(3,4)25-20(24-18)15-8-6-7-14(13-15)17(23)22(5)16-9-11-21-12-10-16/h6-8,13,16,21H,9-12H2,1-5H3. The summed E-state index contributed by atoms with van der Waals surface area (Å²) in [6, 6.07) is 7.94. The van der Waals surface area contributed by atoms with Gasteiger partial charge in [0.2, 0.25) is 0 Å². The SMILES string of the molecule is CN(C(=O)c1cccc(B2OC(C)(C)C(C)(C)O2)c1)C1CCNCC1. The lowest BCUT2D eigenvalue weighted by molar-refractivity contribution is 0.00578. The van der Waals surface area contributed by atoms with Crippen molar-refractivity contribution in [3.63, 3.8) is 0 Å². The summed E-state index contributed by atoms with van der Waals surface area (Å²) in [6.45, 7) is 10.1. The molecule has 0 unspecified atom stereocenters. The first-order valence-electron chi connectivity index (χ1n) is 9.15. The van der Waals surface area contributed by atoms with Gasteiger partial charge < -0.3 is 19.5 Å². The molecule has 2 aliphatic heterocycles. The predicted molar refractivity (Wildman–Crippen MR) is 100 cm³/mol. The van der Waals surface area contributed by atoms with Crippen molar-refractivity contribution in [1.82, 2.24) is 10.2 Å². The molecule has 0 bridgehead atoms. The molecule has 1 aromatic carbocycles. The average Bonchev–Trinajstić information content (AvgIpc) is 2.82. The summed E-state index contributed by atoms with van der Waals surface area (Å²) in [5, 5.41) is 3.34. The molecule has 0 aliphatic carbocycles. The van der Waals surface area contributed by atoms with Gasteiger partial charge in [-0.1, -0.05) is 12.1 Å². The van der Waals surface area contributed by atoms with Crippen molar-refractivity contribution in [2.75, 3.05) is 20.1 Å². The van der Waals surface area contributed by atoms with Gasteiger partial charge in [0.1, 0.15) is 0 Å². The van der Waals surface area contributed by atoms with Crippen LogP contribution in [0.4, 0.5) is 0 Å². The second-order valence-corrected chi connectivity index (χ2v) is 8.11. The average molecular weight is 344 g/mol. The molecule has 2 heterocycles. The Morgan fingerprint density at radius 3 is 2.36 bits per heavy atom. The van der Waals surface area contributed by atoms with E-state index < -0.39 is 7.12 Å². The molecule has 2 fully saturated rings. The van der Waals surface area contributed by atoms with Crippen molar-refractivity contribution in [3.8, 4) is 0 Å². The number of carbonyl (C=O) groups excluding carboxylic acids is 1. The summed E-state index contributed by atoms with van der Waals surface area (Å²) >= 11 is 0. The molecular formula is C19H29BN2O3. The molecule has 1 aromatic rings. The van der Waals surface area contributed by atoms with E-state index in [4.69, 9.17) is 9.31 Å². The molecule has 6 heteroatoms. The minimum atomic E-state index is -0.443. The van der Waals surface area contributed by atoms with Gasteiger partial charge in [-0.15, -0.1) is 0 Å². The van der Waals surface area contributed by atoms with Crippen LogP contribution in [0.2, 0.25) is 0 Å². The molecule has 0 spiro atoms. The molecule has 0 aromatic heterocycles. The lowest BCUT2D eigenvalue weighted by Gasteiger charge is -2.32. The maximum Gasteiger partial charge on any atom is 0.494 e. The molecule has 3 rings (SSSR count). The first-order chi connectivity index (χ1) is 11.7. The first-order valence-corrected chi connectivity index (χ1v) is 9.15. The quantitative estimate of drug-likeness (QED) is 0.850. The zero-order valence-corrected chi connectivity index (χ0v) is 16.0. The van der Waals surface area contributed by atoms with Crippen LogP contribution in [0.1, 0.15) is 50.9 Å². The lowest BCUT2D eigenvalue weighted by atomic mass is 9.78. The molecule has 2 saturated heterocycles. The van der Waals surface area contributed by atoms with Gasteiger partial charge in [0.15, 0.2) is 0 Å². The smallest absolute Gasteiger partial charge is 0.399 e. The predicted octanol–water partition coefficient (Wildman–Crippen LogP) is 1.81. The summed E-state index contributed by atoms with van der Waals surface area (Å²) in [4.78, 5) is 14.8. The number of nitrogens with zero attached hydrogens (tertiary/aromatic N) is 1. The highest BCUT2D eigenvalue weighted by Gasteiger charge is 2.51. The van der Waals surface area contributed by atoms with Gasteiger partial charge in [-0.2, -0.15) is 0 Å².